The molecule has 5 atom stereocenters. The molecule has 0 amide bonds. The number of rotatable bonds is 1. The molecule has 3 heteroatoms. The molecule has 3 rings (SSSR count). The lowest BCUT2D eigenvalue weighted by atomic mass is 9.80. The summed E-state index contributed by atoms with van der Waals surface area (Å²) in [5, 5.41) is 5.01. The second kappa shape index (κ2) is 6.07. The van der Waals surface area contributed by atoms with Crippen molar-refractivity contribution >= 4 is 16.9 Å². The quantitative estimate of drug-likeness (QED) is 0.783. The van der Waals surface area contributed by atoms with E-state index in [4.69, 9.17) is 4.99 Å². The third kappa shape index (κ3) is 3.29. The van der Waals surface area contributed by atoms with Crippen LogP contribution in [0.2, 0.25) is 0 Å². The van der Waals surface area contributed by atoms with Crippen LogP contribution in [0.25, 0.3) is 0 Å². The summed E-state index contributed by atoms with van der Waals surface area (Å²) in [6.45, 7) is 4.78. The van der Waals surface area contributed by atoms with Crippen LogP contribution in [0.15, 0.2) is 4.99 Å². The van der Waals surface area contributed by atoms with E-state index >= 15 is 0 Å². The Hall–Kier alpha value is -0.180. The minimum Gasteiger partial charge on any atom is -0.362 e. The molecule has 0 aromatic carbocycles. The third-order valence-corrected chi connectivity index (χ3v) is 6.41. The van der Waals surface area contributed by atoms with Crippen LogP contribution in [0, 0.1) is 17.8 Å². The van der Waals surface area contributed by atoms with Gasteiger partial charge in [-0.2, -0.15) is 0 Å². The first-order valence-electron chi connectivity index (χ1n) is 8.19. The van der Waals surface area contributed by atoms with E-state index in [9.17, 15) is 0 Å². The lowest BCUT2D eigenvalue weighted by Crippen LogP contribution is -2.46. The average molecular weight is 280 g/mol. The van der Waals surface area contributed by atoms with Gasteiger partial charge < -0.3 is 5.32 Å². The van der Waals surface area contributed by atoms with E-state index in [-0.39, 0.29) is 0 Å². The Morgan fingerprint density at radius 2 is 1.95 bits per heavy atom. The molecule has 0 radical (unpaired) electrons. The summed E-state index contributed by atoms with van der Waals surface area (Å²) >= 11 is 1.98. The fourth-order valence-corrected chi connectivity index (χ4v) is 5.27. The molecule has 1 saturated heterocycles. The second-order valence-electron chi connectivity index (χ2n) is 7.00. The Balaban J connectivity index is 1.61. The summed E-state index contributed by atoms with van der Waals surface area (Å²) < 4.78 is 0. The predicted molar refractivity (Wildman–Crippen MR) is 84.7 cm³/mol. The van der Waals surface area contributed by atoms with E-state index in [0.717, 1.165) is 23.8 Å². The highest BCUT2D eigenvalue weighted by Crippen LogP contribution is 2.34. The van der Waals surface area contributed by atoms with Gasteiger partial charge in [0.05, 0.1) is 6.04 Å². The van der Waals surface area contributed by atoms with Gasteiger partial charge in [-0.15, -0.1) is 0 Å². The average Bonchev–Trinajstić information content (AvgIpc) is 2.42. The SMILES string of the molecule is CC1CCC(N=C2NC3CCCCC3CS2)C(C)C1. The summed E-state index contributed by atoms with van der Waals surface area (Å²) in [4.78, 5) is 5.07. The molecule has 108 valence electrons. The van der Waals surface area contributed by atoms with E-state index in [2.05, 4.69) is 19.2 Å². The molecular formula is C16H28N2S. The van der Waals surface area contributed by atoms with Crippen LogP contribution >= 0.6 is 11.8 Å². The number of fused-ring (bicyclic) bond motifs is 1. The van der Waals surface area contributed by atoms with Crippen LogP contribution in [0.5, 0.6) is 0 Å². The summed E-state index contributed by atoms with van der Waals surface area (Å²) in [5.41, 5.74) is 0. The number of hydrogen-bond donors (Lipinski definition) is 1. The number of aliphatic imine (C=N–C) groups is 1. The first-order chi connectivity index (χ1) is 9.22. The maximum atomic E-state index is 5.07. The summed E-state index contributed by atoms with van der Waals surface area (Å²) in [7, 11) is 0. The standard InChI is InChI=1S/C16H28N2S/c1-11-7-8-14(12(2)9-11)17-16-18-15-6-4-3-5-13(15)10-19-16/h11-15H,3-10H2,1-2H3,(H,17,18). The Morgan fingerprint density at radius 3 is 2.79 bits per heavy atom. The molecule has 1 aliphatic heterocycles. The van der Waals surface area contributed by atoms with Gasteiger partial charge in [0.1, 0.15) is 0 Å². The first kappa shape index (κ1) is 13.8. The highest BCUT2D eigenvalue weighted by molar-refractivity contribution is 8.13. The molecule has 0 bridgehead atoms. The fraction of sp³-hybridized carbons (Fsp3) is 0.938. The van der Waals surface area contributed by atoms with Gasteiger partial charge in [0.2, 0.25) is 0 Å². The lowest BCUT2D eigenvalue weighted by molar-refractivity contribution is 0.263. The minimum absolute atomic E-state index is 0.575. The van der Waals surface area contributed by atoms with Crippen molar-refractivity contribution in [3.05, 3.63) is 0 Å². The number of nitrogens with one attached hydrogen (secondary N) is 1. The molecule has 0 aromatic rings. The maximum absolute atomic E-state index is 5.07. The Bertz CT molecular complexity index is 342. The van der Waals surface area contributed by atoms with Gasteiger partial charge in [-0.1, -0.05) is 38.5 Å². The van der Waals surface area contributed by atoms with Crippen molar-refractivity contribution in [2.24, 2.45) is 22.7 Å². The molecule has 1 heterocycles. The van der Waals surface area contributed by atoms with Crippen molar-refractivity contribution < 1.29 is 0 Å². The number of hydrogen-bond acceptors (Lipinski definition) is 2. The van der Waals surface area contributed by atoms with Crippen molar-refractivity contribution in [2.75, 3.05) is 5.75 Å². The number of amidine groups is 1. The molecular weight excluding hydrogens is 252 g/mol. The van der Waals surface area contributed by atoms with Crippen molar-refractivity contribution in [3.63, 3.8) is 0 Å². The lowest BCUT2D eigenvalue weighted by Gasteiger charge is -2.38. The molecule has 5 unspecified atom stereocenters. The zero-order valence-electron chi connectivity index (χ0n) is 12.4. The normalized spacial score (nSPS) is 45.6. The van der Waals surface area contributed by atoms with Crippen molar-refractivity contribution in [1.82, 2.24) is 5.32 Å². The predicted octanol–water partition coefficient (Wildman–Crippen LogP) is 4.06. The minimum atomic E-state index is 0.575. The Kier molecular flexibility index (Phi) is 4.40. The summed E-state index contributed by atoms with van der Waals surface area (Å²) in [6.07, 6.45) is 9.65. The van der Waals surface area contributed by atoms with Crippen LogP contribution in [-0.2, 0) is 0 Å². The number of nitrogens with zero attached hydrogens (tertiary/aromatic N) is 1. The van der Waals surface area contributed by atoms with Gasteiger partial charge in [-0.05, 0) is 49.9 Å². The highest BCUT2D eigenvalue weighted by atomic mass is 32.2. The van der Waals surface area contributed by atoms with Crippen molar-refractivity contribution in [1.29, 1.82) is 0 Å². The van der Waals surface area contributed by atoms with E-state index in [0.29, 0.717) is 6.04 Å². The monoisotopic (exact) mass is 280 g/mol. The topological polar surface area (TPSA) is 24.4 Å². The molecule has 3 fully saturated rings. The van der Waals surface area contributed by atoms with Crippen LogP contribution in [-0.4, -0.2) is 23.0 Å². The zero-order valence-corrected chi connectivity index (χ0v) is 13.2. The zero-order chi connectivity index (χ0) is 13.2. The largest absolute Gasteiger partial charge is 0.362 e. The molecule has 1 N–H and O–H groups in total. The Labute approximate surface area is 122 Å². The van der Waals surface area contributed by atoms with Crippen molar-refractivity contribution in [2.45, 2.75) is 70.9 Å². The molecule has 3 aliphatic rings. The molecule has 0 spiro atoms. The van der Waals surface area contributed by atoms with Crippen LogP contribution in [0.1, 0.15) is 58.8 Å². The van der Waals surface area contributed by atoms with Gasteiger partial charge in [0.25, 0.3) is 0 Å². The summed E-state index contributed by atoms with van der Waals surface area (Å²) in [5.74, 6) is 3.87. The van der Waals surface area contributed by atoms with E-state index < -0.39 is 0 Å². The fourth-order valence-electron chi connectivity index (χ4n) is 4.05. The second-order valence-corrected chi connectivity index (χ2v) is 8.01. The third-order valence-electron chi connectivity index (χ3n) is 5.32. The Morgan fingerprint density at radius 1 is 1.11 bits per heavy atom. The van der Waals surface area contributed by atoms with Gasteiger partial charge >= 0.3 is 0 Å². The number of thioether (sulfide) groups is 1. The van der Waals surface area contributed by atoms with E-state index in [1.54, 1.807) is 0 Å². The molecule has 19 heavy (non-hydrogen) atoms. The van der Waals surface area contributed by atoms with Gasteiger partial charge in [-0.3, -0.25) is 4.99 Å². The van der Waals surface area contributed by atoms with Crippen molar-refractivity contribution in [3.8, 4) is 0 Å². The molecule has 0 aromatic heterocycles. The van der Waals surface area contributed by atoms with E-state index in [1.165, 1.54) is 55.9 Å². The van der Waals surface area contributed by atoms with Crippen LogP contribution in [0.4, 0.5) is 0 Å². The first-order valence-corrected chi connectivity index (χ1v) is 9.18. The van der Waals surface area contributed by atoms with E-state index in [1.807, 2.05) is 11.8 Å². The van der Waals surface area contributed by atoms with Crippen LogP contribution in [0.3, 0.4) is 0 Å². The smallest absolute Gasteiger partial charge is 0.157 e. The molecule has 2 aliphatic carbocycles. The van der Waals surface area contributed by atoms with Gasteiger partial charge in [0.15, 0.2) is 5.17 Å². The van der Waals surface area contributed by atoms with Gasteiger partial charge in [-0.25, -0.2) is 0 Å². The maximum Gasteiger partial charge on any atom is 0.157 e. The molecule has 2 saturated carbocycles. The van der Waals surface area contributed by atoms with Crippen LogP contribution < -0.4 is 5.32 Å². The summed E-state index contributed by atoms with van der Waals surface area (Å²) in [6, 6.07) is 1.30. The molecule has 2 nitrogen and oxygen atoms in total. The van der Waals surface area contributed by atoms with Gasteiger partial charge in [0, 0.05) is 11.8 Å². The highest BCUT2D eigenvalue weighted by Gasteiger charge is 2.31.